The lowest BCUT2D eigenvalue weighted by Crippen LogP contribution is -2.55. The average Bonchev–Trinajstić information content (AvgIpc) is 2.94. The van der Waals surface area contributed by atoms with Gasteiger partial charge in [-0.15, -0.1) is 0 Å². The molecule has 7 heteroatoms. The van der Waals surface area contributed by atoms with E-state index in [0.717, 1.165) is 22.3 Å². The zero-order valence-electron chi connectivity index (χ0n) is 20.1. The van der Waals surface area contributed by atoms with Gasteiger partial charge in [0.2, 0.25) is 5.91 Å². The van der Waals surface area contributed by atoms with Crippen molar-refractivity contribution in [2.45, 2.75) is 24.9 Å². The topological polar surface area (TPSA) is 94.5 Å². The number of carbonyl (C=O) groups is 2. The number of urea groups is 1. The van der Waals surface area contributed by atoms with Gasteiger partial charge in [0.25, 0.3) is 0 Å². The van der Waals surface area contributed by atoms with Crippen LogP contribution < -0.4 is 10.6 Å². The molecule has 1 aliphatic heterocycles. The van der Waals surface area contributed by atoms with E-state index in [9.17, 15) is 14.9 Å². The van der Waals surface area contributed by atoms with E-state index in [2.05, 4.69) is 16.7 Å². The number of ether oxygens (including phenoxy) is 1. The summed E-state index contributed by atoms with van der Waals surface area (Å²) in [5.41, 5.74) is 4.07. The number of hydrogen-bond donors (Lipinski definition) is 2. The largest absolute Gasteiger partial charge is 0.378 e. The lowest BCUT2D eigenvalue weighted by molar-refractivity contribution is -0.123. The van der Waals surface area contributed by atoms with Crippen LogP contribution in [-0.2, 0) is 22.4 Å². The fraction of sp³-hybridized carbons (Fsp3) is 0.276. The second-order valence-corrected chi connectivity index (χ2v) is 8.75. The molecule has 2 N–H and O–H groups in total. The predicted octanol–water partition coefficient (Wildman–Crippen LogP) is 3.56. The fourth-order valence-corrected chi connectivity index (χ4v) is 4.17. The molecule has 0 saturated carbocycles. The summed E-state index contributed by atoms with van der Waals surface area (Å²) in [6, 6.07) is 27.9. The Morgan fingerprint density at radius 2 is 1.39 bits per heavy atom. The molecule has 0 bridgehead atoms. The molecule has 4 rings (SSSR count). The first-order valence-corrected chi connectivity index (χ1v) is 12.1. The molecule has 1 aliphatic rings. The standard InChI is InChI=1S/C29H30N4O3/c30-21-26(19-23-11-13-25(14-12-23)24-9-5-2-6-10-24)31-28(34)27(20-22-7-3-1-4-8-22)32-29(35)33-15-17-36-18-16-33/h1-14,26-27H,15-20H2,(H,31,34)(H,32,35)/t26-,27-/m0/s1. The molecule has 3 aromatic carbocycles. The molecule has 0 aliphatic carbocycles. The number of rotatable bonds is 8. The van der Waals surface area contributed by atoms with Crippen molar-refractivity contribution >= 4 is 11.9 Å². The molecular weight excluding hydrogens is 452 g/mol. The third kappa shape index (κ3) is 6.94. The molecule has 1 heterocycles. The van der Waals surface area contributed by atoms with E-state index < -0.39 is 12.1 Å². The minimum Gasteiger partial charge on any atom is -0.378 e. The predicted molar refractivity (Wildman–Crippen MR) is 138 cm³/mol. The van der Waals surface area contributed by atoms with Crippen LogP contribution in [0.1, 0.15) is 11.1 Å². The molecule has 3 aromatic rings. The molecule has 184 valence electrons. The van der Waals surface area contributed by atoms with Gasteiger partial charge in [-0.1, -0.05) is 84.9 Å². The number of amides is 3. The summed E-state index contributed by atoms with van der Waals surface area (Å²) in [5, 5.41) is 15.4. The van der Waals surface area contributed by atoms with Crippen LogP contribution in [0.25, 0.3) is 11.1 Å². The van der Waals surface area contributed by atoms with Crippen LogP contribution in [-0.4, -0.2) is 55.2 Å². The van der Waals surface area contributed by atoms with Crippen molar-refractivity contribution in [2.24, 2.45) is 0 Å². The monoisotopic (exact) mass is 482 g/mol. The third-order valence-electron chi connectivity index (χ3n) is 6.17. The zero-order chi connectivity index (χ0) is 25.2. The average molecular weight is 483 g/mol. The quantitative estimate of drug-likeness (QED) is 0.513. The van der Waals surface area contributed by atoms with Crippen LogP contribution >= 0.6 is 0 Å². The summed E-state index contributed by atoms with van der Waals surface area (Å²) < 4.78 is 5.32. The van der Waals surface area contributed by atoms with Crippen molar-refractivity contribution in [1.82, 2.24) is 15.5 Å². The van der Waals surface area contributed by atoms with Gasteiger partial charge in [-0.25, -0.2) is 4.79 Å². The molecule has 0 unspecified atom stereocenters. The summed E-state index contributed by atoms with van der Waals surface area (Å²) in [6.45, 7) is 1.90. The molecule has 7 nitrogen and oxygen atoms in total. The molecule has 0 spiro atoms. The van der Waals surface area contributed by atoms with Crippen molar-refractivity contribution in [1.29, 1.82) is 5.26 Å². The van der Waals surface area contributed by atoms with Crippen LogP contribution in [0.15, 0.2) is 84.9 Å². The lowest BCUT2D eigenvalue weighted by atomic mass is 10.0. The van der Waals surface area contributed by atoms with Crippen molar-refractivity contribution in [3.05, 3.63) is 96.1 Å². The number of nitrogens with zero attached hydrogens (tertiary/aromatic N) is 2. The van der Waals surface area contributed by atoms with E-state index in [4.69, 9.17) is 4.74 Å². The summed E-state index contributed by atoms with van der Waals surface area (Å²) in [4.78, 5) is 27.7. The van der Waals surface area contributed by atoms with Gasteiger partial charge in [-0.2, -0.15) is 5.26 Å². The van der Waals surface area contributed by atoms with Gasteiger partial charge in [0.1, 0.15) is 12.1 Å². The maximum Gasteiger partial charge on any atom is 0.318 e. The van der Waals surface area contributed by atoms with Gasteiger partial charge in [0, 0.05) is 25.9 Å². The zero-order valence-corrected chi connectivity index (χ0v) is 20.1. The number of benzene rings is 3. The van der Waals surface area contributed by atoms with Crippen molar-refractivity contribution in [2.75, 3.05) is 26.3 Å². The maximum absolute atomic E-state index is 13.2. The number of morpholine rings is 1. The Morgan fingerprint density at radius 3 is 2.03 bits per heavy atom. The van der Waals surface area contributed by atoms with Crippen LogP contribution in [0.5, 0.6) is 0 Å². The molecule has 0 radical (unpaired) electrons. The molecule has 1 fully saturated rings. The SMILES string of the molecule is N#C[C@H](Cc1ccc(-c2ccccc2)cc1)NC(=O)[C@H](Cc1ccccc1)NC(=O)N1CCOCC1. The van der Waals surface area contributed by atoms with E-state index in [1.165, 1.54) is 0 Å². The Hall–Kier alpha value is -4.15. The van der Waals surface area contributed by atoms with E-state index >= 15 is 0 Å². The minimum absolute atomic E-state index is 0.306. The highest BCUT2D eigenvalue weighted by Gasteiger charge is 2.26. The van der Waals surface area contributed by atoms with Crippen LogP contribution in [0.3, 0.4) is 0 Å². The Labute approximate surface area is 211 Å². The smallest absolute Gasteiger partial charge is 0.318 e. The summed E-state index contributed by atoms with van der Waals surface area (Å²) in [6.07, 6.45) is 0.694. The first-order chi connectivity index (χ1) is 17.6. The van der Waals surface area contributed by atoms with E-state index in [-0.39, 0.29) is 11.9 Å². The maximum atomic E-state index is 13.2. The van der Waals surface area contributed by atoms with E-state index in [1.807, 2.05) is 84.9 Å². The first-order valence-electron chi connectivity index (χ1n) is 12.1. The van der Waals surface area contributed by atoms with Crippen LogP contribution in [0.2, 0.25) is 0 Å². The van der Waals surface area contributed by atoms with Crippen molar-refractivity contribution < 1.29 is 14.3 Å². The first kappa shape index (κ1) is 25.0. The molecular formula is C29H30N4O3. The van der Waals surface area contributed by atoms with Crippen molar-refractivity contribution in [3.63, 3.8) is 0 Å². The number of nitriles is 1. The van der Waals surface area contributed by atoms with Crippen LogP contribution in [0.4, 0.5) is 4.79 Å². The van der Waals surface area contributed by atoms with Crippen LogP contribution in [0, 0.1) is 11.3 Å². The second-order valence-electron chi connectivity index (χ2n) is 8.75. The summed E-state index contributed by atoms with van der Waals surface area (Å²) >= 11 is 0. The molecule has 1 saturated heterocycles. The van der Waals surface area contributed by atoms with Gasteiger partial charge in [-0.3, -0.25) is 4.79 Å². The summed E-state index contributed by atoms with van der Waals surface area (Å²) in [5.74, 6) is -0.382. The third-order valence-corrected chi connectivity index (χ3v) is 6.17. The Bertz CT molecular complexity index is 1170. The van der Waals surface area contributed by atoms with Gasteiger partial charge in [-0.05, 0) is 22.3 Å². The number of carbonyl (C=O) groups excluding carboxylic acids is 2. The highest BCUT2D eigenvalue weighted by Crippen LogP contribution is 2.19. The Morgan fingerprint density at radius 1 is 0.806 bits per heavy atom. The lowest BCUT2D eigenvalue weighted by Gasteiger charge is -2.29. The highest BCUT2D eigenvalue weighted by molar-refractivity contribution is 5.87. The highest BCUT2D eigenvalue weighted by atomic mass is 16.5. The number of hydrogen-bond acceptors (Lipinski definition) is 4. The van der Waals surface area contributed by atoms with E-state index in [0.29, 0.717) is 39.1 Å². The molecule has 0 aromatic heterocycles. The van der Waals surface area contributed by atoms with Gasteiger partial charge < -0.3 is 20.3 Å². The minimum atomic E-state index is -0.806. The molecule has 36 heavy (non-hydrogen) atoms. The second kappa shape index (κ2) is 12.5. The molecule has 3 amide bonds. The van der Waals surface area contributed by atoms with Crippen molar-refractivity contribution in [3.8, 4) is 17.2 Å². The Balaban J connectivity index is 1.41. The van der Waals surface area contributed by atoms with Gasteiger partial charge in [0.15, 0.2) is 0 Å². The van der Waals surface area contributed by atoms with E-state index in [1.54, 1.807) is 4.90 Å². The van der Waals surface area contributed by atoms with Gasteiger partial charge in [0.05, 0.1) is 19.3 Å². The Kier molecular flexibility index (Phi) is 8.68. The number of nitrogens with one attached hydrogen (secondary N) is 2. The molecule has 2 atom stereocenters. The normalized spacial score (nSPS) is 14.8. The summed E-state index contributed by atoms with van der Waals surface area (Å²) in [7, 11) is 0. The fourth-order valence-electron chi connectivity index (χ4n) is 4.17. The van der Waals surface area contributed by atoms with Gasteiger partial charge >= 0.3 is 6.03 Å².